The van der Waals surface area contributed by atoms with E-state index in [0.717, 1.165) is 10.9 Å². The second-order valence-corrected chi connectivity index (χ2v) is 6.36. The number of hydrogen-bond donors (Lipinski definition) is 2. The Bertz CT molecular complexity index is 461. The van der Waals surface area contributed by atoms with Crippen LogP contribution < -0.4 is 11.1 Å². The van der Waals surface area contributed by atoms with E-state index in [-0.39, 0.29) is 5.78 Å². The number of anilines is 2. The van der Waals surface area contributed by atoms with Gasteiger partial charge in [-0.3, -0.25) is 4.79 Å². The predicted molar refractivity (Wildman–Crippen MR) is 84.0 cm³/mol. The molecule has 4 heteroatoms. The standard InChI is InChI=1S/C15H22N2OS/c1-10(18)14-7-6-12(9-15(14)16)17-11-4-3-5-13(8-11)19-2/h6-7,9,11,13,17H,3-5,8,16H2,1-2H3. The van der Waals surface area contributed by atoms with Crippen LogP contribution in [-0.4, -0.2) is 23.3 Å². The number of hydrogen-bond acceptors (Lipinski definition) is 4. The molecule has 0 aromatic heterocycles. The molecule has 19 heavy (non-hydrogen) atoms. The zero-order valence-corrected chi connectivity index (χ0v) is 12.4. The summed E-state index contributed by atoms with van der Waals surface area (Å²) in [5.74, 6) is 0.0177. The van der Waals surface area contributed by atoms with Crippen LogP contribution in [0.4, 0.5) is 11.4 Å². The van der Waals surface area contributed by atoms with Crippen molar-refractivity contribution in [1.29, 1.82) is 0 Å². The van der Waals surface area contributed by atoms with E-state index >= 15 is 0 Å². The van der Waals surface area contributed by atoms with Gasteiger partial charge in [0.15, 0.2) is 5.78 Å². The number of carbonyl (C=O) groups is 1. The fraction of sp³-hybridized carbons (Fsp3) is 0.533. The molecular formula is C15H22N2OS. The van der Waals surface area contributed by atoms with Gasteiger partial charge >= 0.3 is 0 Å². The van der Waals surface area contributed by atoms with Gasteiger partial charge in [-0.2, -0.15) is 11.8 Å². The maximum absolute atomic E-state index is 11.3. The number of Topliss-reactive ketones (excluding diaryl/α,β-unsaturated/α-hetero) is 1. The third-order valence-corrected chi connectivity index (χ3v) is 4.86. The normalized spacial score (nSPS) is 23.1. The molecule has 0 heterocycles. The van der Waals surface area contributed by atoms with Crippen molar-refractivity contribution >= 4 is 28.9 Å². The molecule has 0 spiro atoms. The van der Waals surface area contributed by atoms with Crippen molar-refractivity contribution in [1.82, 2.24) is 0 Å². The highest BCUT2D eigenvalue weighted by atomic mass is 32.2. The average molecular weight is 278 g/mol. The van der Waals surface area contributed by atoms with E-state index in [2.05, 4.69) is 11.6 Å². The van der Waals surface area contributed by atoms with Gasteiger partial charge in [0, 0.05) is 28.2 Å². The van der Waals surface area contributed by atoms with Gasteiger partial charge in [0.2, 0.25) is 0 Å². The van der Waals surface area contributed by atoms with Crippen molar-refractivity contribution in [3.05, 3.63) is 23.8 Å². The zero-order chi connectivity index (χ0) is 13.8. The van der Waals surface area contributed by atoms with Gasteiger partial charge in [0.1, 0.15) is 0 Å². The molecule has 1 aliphatic rings. The van der Waals surface area contributed by atoms with Gasteiger partial charge in [-0.15, -0.1) is 0 Å². The lowest BCUT2D eigenvalue weighted by Gasteiger charge is -2.29. The predicted octanol–water partition coefficient (Wildman–Crippen LogP) is 3.56. The summed E-state index contributed by atoms with van der Waals surface area (Å²) in [6, 6.07) is 6.16. The molecule has 2 rings (SSSR count). The Morgan fingerprint density at radius 2 is 2.21 bits per heavy atom. The number of nitrogens with one attached hydrogen (secondary N) is 1. The van der Waals surface area contributed by atoms with Gasteiger partial charge in [-0.1, -0.05) is 6.42 Å². The van der Waals surface area contributed by atoms with Crippen LogP contribution in [0.5, 0.6) is 0 Å². The first kappa shape index (κ1) is 14.3. The number of thioether (sulfide) groups is 1. The van der Waals surface area contributed by atoms with Crippen LogP contribution in [0.1, 0.15) is 43.0 Å². The second-order valence-electron chi connectivity index (χ2n) is 5.22. The summed E-state index contributed by atoms with van der Waals surface area (Å²) in [7, 11) is 0. The molecule has 104 valence electrons. The largest absolute Gasteiger partial charge is 0.398 e. The molecule has 3 nitrogen and oxygen atoms in total. The van der Waals surface area contributed by atoms with Crippen LogP contribution >= 0.6 is 11.8 Å². The molecule has 3 N–H and O–H groups in total. The van der Waals surface area contributed by atoms with Gasteiger partial charge in [0.05, 0.1) is 0 Å². The first-order valence-electron chi connectivity index (χ1n) is 6.80. The number of benzene rings is 1. The number of carbonyl (C=O) groups excluding carboxylic acids is 1. The van der Waals surface area contributed by atoms with Crippen LogP contribution in [0, 0.1) is 0 Å². The SMILES string of the molecule is CSC1CCCC(Nc2ccc(C(C)=O)c(N)c2)C1. The van der Waals surface area contributed by atoms with Gasteiger partial charge < -0.3 is 11.1 Å². The number of rotatable bonds is 4. The molecule has 1 fully saturated rings. The first-order valence-corrected chi connectivity index (χ1v) is 8.08. The quantitative estimate of drug-likeness (QED) is 0.653. The van der Waals surface area contributed by atoms with Crippen molar-refractivity contribution in [3.63, 3.8) is 0 Å². The van der Waals surface area contributed by atoms with Gasteiger partial charge in [-0.25, -0.2) is 0 Å². The molecule has 0 saturated heterocycles. The summed E-state index contributed by atoms with van der Waals surface area (Å²) >= 11 is 1.96. The van der Waals surface area contributed by atoms with E-state index in [1.165, 1.54) is 25.7 Å². The smallest absolute Gasteiger partial charge is 0.161 e. The third-order valence-electron chi connectivity index (χ3n) is 3.76. The minimum Gasteiger partial charge on any atom is -0.398 e. The molecule has 1 saturated carbocycles. The van der Waals surface area contributed by atoms with E-state index in [9.17, 15) is 4.79 Å². The molecule has 2 atom stereocenters. The average Bonchev–Trinajstić information content (AvgIpc) is 2.38. The Morgan fingerprint density at radius 1 is 1.42 bits per heavy atom. The molecule has 2 unspecified atom stereocenters. The van der Waals surface area contributed by atoms with E-state index in [1.807, 2.05) is 30.0 Å². The number of nitrogen functional groups attached to an aromatic ring is 1. The van der Waals surface area contributed by atoms with Gasteiger partial charge in [0.25, 0.3) is 0 Å². The van der Waals surface area contributed by atoms with E-state index in [0.29, 0.717) is 17.3 Å². The van der Waals surface area contributed by atoms with Crippen molar-refractivity contribution in [3.8, 4) is 0 Å². The summed E-state index contributed by atoms with van der Waals surface area (Å²) in [6.45, 7) is 1.54. The molecule has 0 amide bonds. The molecule has 0 aliphatic heterocycles. The van der Waals surface area contributed by atoms with Gasteiger partial charge in [-0.05, 0) is 50.6 Å². The first-order chi connectivity index (χ1) is 9.10. The van der Waals surface area contributed by atoms with E-state index in [1.54, 1.807) is 6.92 Å². The van der Waals surface area contributed by atoms with Crippen LogP contribution in [0.3, 0.4) is 0 Å². The fourth-order valence-corrected chi connectivity index (χ4v) is 3.53. The minimum absolute atomic E-state index is 0.0177. The highest BCUT2D eigenvalue weighted by Gasteiger charge is 2.21. The lowest BCUT2D eigenvalue weighted by atomic mass is 9.94. The lowest BCUT2D eigenvalue weighted by molar-refractivity contribution is 0.101. The van der Waals surface area contributed by atoms with Crippen molar-refractivity contribution in [2.75, 3.05) is 17.3 Å². The summed E-state index contributed by atoms with van der Waals surface area (Å²) in [5.41, 5.74) is 8.11. The monoisotopic (exact) mass is 278 g/mol. The molecular weight excluding hydrogens is 256 g/mol. The Labute approximate surface area is 119 Å². The van der Waals surface area contributed by atoms with E-state index in [4.69, 9.17) is 5.73 Å². The maximum Gasteiger partial charge on any atom is 0.161 e. The van der Waals surface area contributed by atoms with Crippen molar-refractivity contribution in [2.45, 2.75) is 43.9 Å². The molecule has 1 aromatic rings. The minimum atomic E-state index is 0.0177. The second kappa shape index (κ2) is 6.33. The Kier molecular flexibility index (Phi) is 4.75. The topological polar surface area (TPSA) is 55.1 Å². The summed E-state index contributed by atoms with van der Waals surface area (Å²) in [6.07, 6.45) is 7.21. The Hall–Kier alpha value is -1.16. The maximum atomic E-state index is 11.3. The summed E-state index contributed by atoms with van der Waals surface area (Å²) < 4.78 is 0. The van der Waals surface area contributed by atoms with Crippen LogP contribution in [0.15, 0.2) is 18.2 Å². The molecule has 0 radical (unpaired) electrons. The van der Waals surface area contributed by atoms with Crippen LogP contribution in [0.25, 0.3) is 0 Å². The zero-order valence-electron chi connectivity index (χ0n) is 11.6. The highest BCUT2D eigenvalue weighted by molar-refractivity contribution is 7.99. The molecule has 1 aromatic carbocycles. The number of ketones is 1. The Morgan fingerprint density at radius 3 is 2.84 bits per heavy atom. The summed E-state index contributed by atoms with van der Waals surface area (Å²) in [5, 5.41) is 4.31. The summed E-state index contributed by atoms with van der Waals surface area (Å²) in [4.78, 5) is 11.3. The lowest BCUT2D eigenvalue weighted by Crippen LogP contribution is -2.28. The Balaban J connectivity index is 2.03. The van der Waals surface area contributed by atoms with Crippen LogP contribution in [-0.2, 0) is 0 Å². The fourth-order valence-electron chi connectivity index (χ4n) is 2.70. The molecule has 0 bridgehead atoms. The van der Waals surface area contributed by atoms with Crippen LogP contribution in [0.2, 0.25) is 0 Å². The van der Waals surface area contributed by atoms with E-state index < -0.39 is 0 Å². The molecule has 1 aliphatic carbocycles. The van der Waals surface area contributed by atoms with Crippen molar-refractivity contribution < 1.29 is 4.79 Å². The van der Waals surface area contributed by atoms with Crippen molar-refractivity contribution in [2.24, 2.45) is 0 Å². The third kappa shape index (κ3) is 3.66. The highest BCUT2D eigenvalue weighted by Crippen LogP contribution is 2.29. The number of nitrogens with two attached hydrogens (primary N) is 1.